The van der Waals surface area contributed by atoms with Gasteiger partial charge in [0.05, 0.1) is 16.6 Å². The zero-order valence-corrected chi connectivity index (χ0v) is 12.6. The molecule has 7 heteroatoms. The third-order valence-electron chi connectivity index (χ3n) is 3.30. The van der Waals surface area contributed by atoms with Crippen LogP contribution in [0.15, 0.2) is 61.4 Å². The first-order valence-electron chi connectivity index (χ1n) is 6.83. The van der Waals surface area contributed by atoms with Gasteiger partial charge in [-0.25, -0.2) is 19.6 Å². The predicted molar refractivity (Wildman–Crippen MR) is 86.0 cm³/mol. The van der Waals surface area contributed by atoms with E-state index in [0.717, 1.165) is 16.6 Å². The summed E-state index contributed by atoms with van der Waals surface area (Å²) >= 11 is 5.98. The van der Waals surface area contributed by atoms with E-state index in [9.17, 15) is 0 Å². The summed E-state index contributed by atoms with van der Waals surface area (Å²) in [5, 5.41) is 5.51. The molecule has 4 rings (SSSR count). The molecular formula is C16H10ClN5O. The molecule has 0 atom stereocenters. The van der Waals surface area contributed by atoms with E-state index in [-0.39, 0.29) is 0 Å². The molecule has 2 heterocycles. The highest BCUT2D eigenvalue weighted by Gasteiger charge is 2.07. The second-order valence-corrected chi connectivity index (χ2v) is 5.21. The second kappa shape index (κ2) is 5.66. The summed E-state index contributed by atoms with van der Waals surface area (Å²) in [4.78, 5) is 12.3. The average molecular weight is 324 g/mol. The molecule has 0 aliphatic rings. The Bertz CT molecular complexity index is 954. The van der Waals surface area contributed by atoms with Gasteiger partial charge in [0.15, 0.2) is 0 Å². The first kappa shape index (κ1) is 13.7. The maximum atomic E-state index is 5.98. The molecule has 2 aromatic heterocycles. The molecule has 0 aliphatic heterocycles. The molecule has 2 aromatic carbocycles. The van der Waals surface area contributed by atoms with E-state index in [4.69, 9.17) is 16.3 Å². The van der Waals surface area contributed by atoms with E-state index in [0.29, 0.717) is 16.7 Å². The largest absolute Gasteiger partial charge is 0.438 e. The van der Waals surface area contributed by atoms with Gasteiger partial charge in [0.1, 0.15) is 24.7 Å². The Kier molecular flexibility index (Phi) is 3.36. The number of aromatic nitrogens is 5. The molecule has 0 amide bonds. The van der Waals surface area contributed by atoms with Crippen molar-refractivity contribution in [3.05, 3.63) is 66.5 Å². The first-order chi connectivity index (χ1) is 11.3. The SMILES string of the molecule is Clc1ccc2c(Oc3ccc(-n4cncn4)cc3)ncnc2c1. The maximum absolute atomic E-state index is 5.98. The number of ether oxygens (including phenoxy) is 1. The summed E-state index contributed by atoms with van der Waals surface area (Å²) in [6.45, 7) is 0. The molecule has 0 N–H and O–H groups in total. The summed E-state index contributed by atoms with van der Waals surface area (Å²) in [5.41, 5.74) is 1.64. The topological polar surface area (TPSA) is 65.7 Å². The Morgan fingerprint density at radius 2 is 1.83 bits per heavy atom. The standard InChI is InChI=1S/C16H10ClN5O/c17-11-1-6-14-15(7-11)19-9-20-16(14)23-13-4-2-12(3-5-13)22-10-18-8-21-22/h1-10H. The minimum Gasteiger partial charge on any atom is -0.438 e. The maximum Gasteiger partial charge on any atom is 0.230 e. The molecule has 0 unspecified atom stereocenters. The highest BCUT2D eigenvalue weighted by atomic mass is 35.5. The van der Waals surface area contributed by atoms with Crippen molar-refractivity contribution in [2.75, 3.05) is 0 Å². The number of hydrogen-bond donors (Lipinski definition) is 0. The van der Waals surface area contributed by atoms with Crippen LogP contribution in [0.4, 0.5) is 0 Å². The van der Waals surface area contributed by atoms with Crippen LogP contribution in [0, 0.1) is 0 Å². The minimum atomic E-state index is 0.486. The lowest BCUT2D eigenvalue weighted by Crippen LogP contribution is -1.95. The molecule has 4 aromatic rings. The Morgan fingerprint density at radius 1 is 0.957 bits per heavy atom. The van der Waals surface area contributed by atoms with E-state index < -0.39 is 0 Å². The Balaban J connectivity index is 1.66. The third-order valence-corrected chi connectivity index (χ3v) is 3.53. The summed E-state index contributed by atoms with van der Waals surface area (Å²) in [6.07, 6.45) is 4.58. The van der Waals surface area contributed by atoms with Gasteiger partial charge in [0, 0.05) is 5.02 Å². The Hall–Kier alpha value is -2.99. The molecule has 0 saturated heterocycles. The fourth-order valence-corrected chi connectivity index (χ4v) is 2.37. The molecule has 0 bridgehead atoms. The smallest absolute Gasteiger partial charge is 0.230 e. The van der Waals surface area contributed by atoms with Crippen LogP contribution in [0.3, 0.4) is 0 Å². The van der Waals surface area contributed by atoms with Gasteiger partial charge in [0.2, 0.25) is 5.88 Å². The third kappa shape index (κ3) is 2.72. The molecule has 0 fully saturated rings. The van der Waals surface area contributed by atoms with Gasteiger partial charge in [-0.3, -0.25) is 0 Å². The van der Waals surface area contributed by atoms with Crippen LogP contribution in [-0.4, -0.2) is 24.7 Å². The van der Waals surface area contributed by atoms with Gasteiger partial charge >= 0.3 is 0 Å². The number of rotatable bonds is 3. The highest BCUT2D eigenvalue weighted by molar-refractivity contribution is 6.31. The molecule has 23 heavy (non-hydrogen) atoms. The van der Waals surface area contributed by atoms with Crippen LogP contribution in [0.1, 0.15) is 0 Å². The lowest BCUT2D eigenvalue weighted by molar-refractivity contribution is 0.468. The van der Waals surface area contributed by atoms with Gasteiger partial charge in [-0.15, -0.1) is 0 Å². The van der Waals surface area contributed by atoms with Gasteiger partial charge < -0.3 is 4.74 Å². The quantitative estimate of drug-likeness (QED) is 0.575. The Morgan fingerprint density at radius 3 is 2.61 bits per heavy atom. The molecule has 0 saturated carbocycles. The Labute approximate surface area is 136 Å². The normalized spacial score (nSPS) is 10.8. The minimum absolute atomic E-state index is 0.486. The summed E-state index contributed by atoms with van der Waals surface area (Å²) < 4.78 is 7.54. The van der Waals surface area contributed by atoms with E-state index in [1.165, 1.54) is 12.7 Å². The van der Waals surface area contributed by atoms with Crippen molar-refractivity contribution in [3.63, 3.8) is 0 Å². The van der Waals surface area contributed by atoms with Crippen LogP contribution in [0.5, 0.6) is 11.6 Å². The molecule has 0 radical (unpaired) electrons. The van der Waals surface area contributed by atoms with Crippen LogP contribution < -0.4 is 4.74 Å². The fourth-order valence-electron chi connectivity index (χ4n) is 2.21. The number of hydrogen-bond acceptors (Lipinski definition) is 5. The number of nitrogens with zero attached hydrogens (tertiary/aromatic N) is 5. The highest BCUT2D eigenvalue weighted by Crippen LogP contribution is 2.28. The summed E-state index contributed by atoms with van der Waals surface area (Å²) in [5.74, 6) is 1.16. The molecule has 112 valence electrons. The van der Waals surface area contributed by atoms with Crippen LogP contribution in [0.2, 0.25) is 5.02 Å². The van der Waals surface area contributed by atoms with Crippen molar-refractivity contribution in [1.29, 1.82) is 0 Å². The number of halogens is 1. The monoisotopic (exact) mass is 323 g/mol. The van der Waals surface area contributed by atoms with Crippen molar-refractivity contribution in [1.82, 2.24) is 24.7 Å². The molecule has 6 nitrogen and oxygen atoms in total. The second-order valence-electron chi connectivity index (χ2n) is 4.78. The molecule has 0 spiro atoms. The van der Waals surface area contributed by atoms with Gasteiger partial charge in [-0.05, 0) is 42.5 Å². The van der Waals surface area contributed by atoms with Gasteiger partial charge in [-0.1, -0.05) is 11.6 Å². The van der Waals surface area contributed by atoms with E-state index in [1.54, 1.807) is 23.1 Å². The predicted octanol–water partition coefficient (Wildman–Crippen LogP) is 3.66. The molecular weight excluding hydrogens is 314 g/mol. The van der Waals surface area contributed by atoms with Crippen molar-refractivity contribution in [2.45, 2.75) is 0 Å². The van der Waals surface area contributed by atoms with E-state index in [1.807, 2.05) is 30.3 Å². The average Bonchev–Trinajstić information content (AvgIpc) is 3.10. The van der Waals surface area contributed by atoms with Crippen molar-refractivity contribution < 1.29 is 4.74 Å². The lowest BCUT2D eigenvalue weighted by atomic mass is 10.2. The van der Waals surface area contributed by atoms with Crippen molar-refractivity contribution in [3.8, 4) is 17.3 Å². The van der Waals surface area contributed by atoms with Gasteiger partial charge in [-0.2, -0.15) is 5.10 Å². The zero-order valence-electron chi connectivity index (χ0n) is 11.8. The van der Waals surface area contributed by atoms with E-state index in [2.05, 4.69) is 20.1 Å². The first-order valence-corrected chi connectivity index (χ1v) is 7.20. The summed E-state index contributed by atoms with van der Waals surface area (Å²) in [6, 6.07) is 12.9. The van der Waals surface area contributed by atoms with Crippen LogP contribution >= 0.6 is 11.6 Å². The van der Waals surface area contributed by atoms with Gasteiger partial charge in [0.25, 0.3) is 0 Å². The number of benzene rings is 2. The van der Waals surface area contributed by atoms with Crippen LogP contribution in [0.25, 0.3) is 16.6 Å². The van der Waals surface area contributed by atoms with E-state index >= 15 is 0 Å². The summed E-state index contributed by atoms with van der Waals surface area (Å²) in [7, 11) is 0. The lowest BCUT2D eigenvalue weighted by Gasteiger charge is -2.08. The fraction of sp³-hybridized carbons (Fsp3) is 0. The van der Waals surface area contributed by atoms with Crippen molar-refractivity contribution in [2.24, 2.45) is 0 Å². The number of fused-ring (bicyclic) bond motifs is 1. The zero-order chi connectivity index (χ0) is 15.6. The molecule has 0 aliphatic carbocycles. The van der Waals surface area contributed by atoms with Crippen molar-refractivity contribution >= 4 is 22.5 Å². The van der Waals surface area contributed by atoms with Crippen LogP contribution in [-0.2, 0) is 0 Å².